The number of allylic oxidation sites excluding steroid dienone is 4. The Morgan fingerprint density at radius 1 is 1.35 bits per heavy atom. The van der Waals surface area contributed by atoms with Gasteiger partial charge in [0.2, 0.25) is 0 Å². The molecule has 0 bridgehead atoms. The largest absolute Gasteiger partial charge is 0.495 e. The van der Waals surface area contributed by atoms with Crippen LogP contribution in [0.25, 0.3) is 0 Å². The van der Waals surface area contributed by atoms with E-state index in [-0.39, 0.29) is 5.41 Å². The average Bonchev–Trinajstić information content (AvgIpc) is 3.16. The van der Waals surface area contributed by atoms with E-state index < -0.39 is 0 Å². The molecule has 0 amide bonds. The molecule has 2 heteroatoms. The van der Waals surface area contributed by atoms with Gasteiger partial charge in [0.25, 0.3) is 0 Å². The average molecular weight is 287 g/mol. The predicted molar refractivity (Wildman–Crippen MR) is 82.3 cm³/mol. The summed E-state index contributed by atoms with van der Waals surface area (Å²) in [5.74, 6) is 2.89. The van der Waals surface area contributed by atoms with Gasteiger partial charge in [-0.3, -0.25) is 0 Å². The molecule has 1 aromatic rings. The SMILES string of the molecule is COc1cc(C23C4C=CC=C(CC[C@@H]2C)C43)ccc1Cl. The number of benzene rings is 1. The Hall–Kier alpha value is -1.21. The molecule has 104 valence electrons. The fraction of sp³-hybridized carbons (Fsp3) is 0.444. The van der Waals surface area contributed by atoms with Gasteiger partial charge in [-0.25, -0.2) is 0 Å². The van der Waals surface area contributed by atoms with Crippen molar-refractivity contribution in [2.24, 2.45) is 17.8 Å². The van der Waals surface area contributed by atoms with Crippen molar-refractivity contribution >= 4 is 11.6 Å². The number of hydrogen-bond acceptors (Lipinski definition) is 1. The van der Waals surface area contributed by atoms with Gasteiger partial charge in [-0.1, -0.05) is 48.4 Å². The van der Waals surface area contributed by atoms with Crippen LogP contribution in [0.3, 0.4) is 0 Å². The molecule has 3 aliphatic carbocycles. The van der Waals surface area contributed by atoms with E-state index >= 15 is 0 Å². The summed E-state index contributed by atoms with van der Waals surface area (Å²) in [6.07, 6.45) is 9.53. The summed E-state index contributed by atoms with van der Waals surface area (Å²) in [5.41, 5.74) is 3.33. The number of halogens is 1. The molecule has 20 heavy (non-hydrogen) atoms. The Kier molecular flexibility index (Phi) is 2.59. The van der Waals surface area contributed by atoms with Crippen molar-refractivity contribution in [3.8, 4) is 5.75 Å². The van der Waals surface area contributed by atoms with Gasteiger partial charge in [-0.2, -0.15) is 0 Å². The molecule has 3 unspecified atom stereocenters. The molecule has 4 rings (SSSR count). The standard InChI is InChI=1S/C18H19ClO/c1-11-6-7-12-4-3-5-14-17(12)18(11,14)13-8-9-15(19)16(10-13)20-2/h3-5,8-11,14,17H,6-7H2,1-2H3/t11-,14?,17?,18?/m0/s1. The van der Waals surface area contributed by atoms with E-state index in [0.717, 1.165) is 5.75 Å². The van der Waals surface area contributed by atoms with Crippen LogP contribution in [0.1, 0.15) is 25.3 Å². The van der Waals surface area contributed by atoms with Crippen molar-refractivity contribution in [3.63, 3.8) is 0 Å². The van der Waals surface area contributed by atoms with Crippen LogP contribution in [0.5, 0.6) is 5.75 Å². The maximum Gasteiger partial charge on any atom is 0.137 e. The summed E-state index contributed by atoms with van der Waals surface area (Å²) < 4.78 is 5.42. The Balaban J connectivity index is 1.85. The number of methoxy groups -OCH3 is 1. The van der Waals surface area contributed by atoms with Crippen molar-refractivity contribution in [1.82, 2.24) is 0 Å². The summed E-state index contributed by atoms with van der Waals surface area (Å²) >= 11 is 6.19. The molecule has 0 aliphatic heterocycles. The monoisotopic (exact) mass is 286 g/mol. The molecule has 0 aromatic heterocycles. The zero-order valence-electron chi connectivity index (χ0n) is 11.9. The number of rotatable bonds is 2. The van der Waals surface area contributed by atoms with E-state index in [0.29, 0.717) is 22.8 Å². The van der Waals surface area contributed by atoms with Gasteiger partial charge in [-0.05, 0) is 48.3 Å². The highest BCUT2D eigenvalue weighted by atomic mass is 35.5. The van der Waals surface area contributed by atoms with Crippen molar-refractivity contribution in [1.29, 1.82) is 0 Å². The van der Waals surface area contributed by atoms with Crippen LogP contribution in [-0.2, 0) is 5.41 Å². The van der Waals surface area contributed by atoms with Crippen molar-refractivity contribution in [2.45, 2.75) is 25.2 Å². The normalized spacial score (nSPS) is 37.1. The zero-order valence-corrected chi connectivity index (χ0v) is 12.7. The van der Waals surface area contributed by atoms with E-state index in [2.05, 4.69) is 37.3 Å². The highest BCUT2D eigenvalue weighted by Crippen LogP contribution is 2.72. The van der Waals surface area contributed by atoms with E-state index in [4.69, 9.17) is 16.3 Å². The van der Waals surface area contributed by atoms with E-state index in [1.165, 1.54) is 18.4 Å². The predicted octanol–water partition coefficient (Wildman–Crippen LogP) is 4.76. The molecule has 0 heterocycles. The lowest BCUT2D eigenvalue weighted by Gasteiger charge is -2.31. The second kappa shape index (κ2) is 4.14. The first kappa shape index (κ1) is 12.5. The van der Waals surface area contributed by atoms with Crippen LogP contribution in [0.2, 0.25) is 5.02 Å². The molecule has 0 N–H and O–H groups in total. The highest BCUT2D eigenvalue weighted by Gasteiger charge is 2.69. The first-order chi connectivity index (χ1) is 9.69. The molecule has 0 spiro atoms. The number of fused-ring (bicyclic) bond motifs is 1. The number of ether oxygens (including phenoxy) is 1. The third-order valence-corrected chi connectivity index (χ3v) is 5.99. The Morgan fingerprint density at radius 3 is 3.00 bits per heavy atom. The quantitative estimate of drug-likeness (QED) is 0.762. The molecule has 4 atom stereocenters. The second-order valence-electron chi connectivity index (χ2n) is 6.35. The first-order valence-electron chi connectivity index (χ1n) is 7.41. The Labute approximate surface area is 125 Å². The van der Waals surface area contributed by atoms with E-state index in [1.807, 2.05) is 6.07 Å². The van der Waals surface area contributed by atoms with Crippen molar-refractivity contribution < 1.29 is 4.74 Å². The lowest BCUT2D eigenvalue weighted by atomic mass is 9.73. The molecule has 0 saturated heterocycles. The maximum atomic E-state index is 6.19. The molecule has 1 aromatic carbocycles. The molecular formula is C18H19ClO. The minimum absolute atomic E-state index is 0.287. The third kappa shape index (κ3) is 1.39. The molecule has 3 aliphatic rings. The molecule has 2 fully saturated rings. The summed E-state index contributed by atoms with van der Waals surface area (Å²) in [7, 11) is 1.69. The first-order valence-corrected chi connectivity index (χ1v) is 7.78. The maximum absolute atomic E-state index is 6.19. The number of hydrogen-bond donors (Lipinski definition) is 0. The topological polar surface area (TPSA) is 9.23 Å². The van der Waals surface area contributed by atoms with Gasteiger partial charge < -0.3 is 4.74 Å². The van der Waals surface area contributed by atoms with Gasteiger partial charge in [0.05, 0.1) is 12.1 Å². The van der Waals surface area contributed by atoms with Crippen LogP contribution in [-0.4, -0.2) is 7.11 Å². The Bertz CT molecular complexity index is 630. The Morgan fingerprint density at radius 2 is 2.20 bits per heavy atom. The third-order valence-electron chi connectivity index (χ3n) is 5.68. The van der Waals surface area contributed by atoms with Gasteiger partial charge in [0.1, 0.15) is 5.75 Å². The van der Waals surface area contributed by atoms with Crippen LogP contribution in [0, 0.1) is 17.8 Å². The lowest BCUT2D eigenvalue weighted by molar-refractivity contribution is 0.350. The van der Waals surface area contributed by atoms with Crippen LogP contribution >= 0.6 is 11.6 Å². The fourth-order valence-corrected chi connectivity index (χ4v) is 4.92. The van der Waals surface area contributed by atoms with Gasteiger partial charge in [0, 0.05) is 5.41 Å². The van der Waals surface area contributed by atoms with Crippen molar-refractivity contribution in [3.05, 3.63) is 52.6 Å². The lowest BCUT2D eigenvalue weighted by Crippen LogP contribution is -2.26. The summed E-state index contributed by atoms with van der Waals surface area (Å²) in [4.78, 5) is 0. The summed E-state index contributed by atoms with van der Waals surface area (Å²) in [6.45, 7) is 2.41. The van der Waals surface area contributed by atoms with Crippen LogP contribution in [0.15, 0.2) is 42.0 Å². The van der Waals surface area contributed by atoms with Crippen molar-refractivity contribution in [2.75, 3.05) is 7.11 Å². The second-order valence-corrected chi connectivity index (χ2v) is 6.76. The minimum atomic E-state index is 0.287. The zero-order chi connectivity index (χ0) is 13.9. The van der Waals surface area contributed by atoms with Gasteiger partial charge >= 0.3 is 0 Å². The van der Waals surface area contributed by atoms with Gasteiger partial charge in [0.15, 0.2) is 0 Å². The highest BCUT2D eigenvalue weighted by molar-refractivity contribution is 6.32. The fourth-order valence-electron chi connectivity index (χ4n) is 4.73. The summed E-state index contributed by atoms with van der Waals surface area (Å²) in [6, 6.07) is 6.35. The molecular weight excluding hydrogens is 268 g/mol. The molecule has 0 radical (unpaired) electrons. The minimum Gasteiger partial charge on any atom is -0.495 e. The smallest absolute Gasteiger partial charge is 0.137 e. The molecule has 1 nitrogen and oxygen atoms in total. The summed E-state index contributed by atoms with van der Waals surface area (Å²) in [5, 5.41) is 0.700. The van der Waals surface area contributed by atoms with Gasteiger partial charge in [-0.15, -0.1) is 0 Å². The van der Waals surface area contributed by atoms with Crippen LogP contribution < -0.4 is 4.74 Å². The van der Waals surface area contributed by atoms with Crippen LogP contribution in [0.4, 0.5) is 0 Å². The van der Waals surface area contributed by atoms with E-state index in [9.17, 15) is 0 Å². The molecule has 2 saturated carbocycles. The van der Waals surface area contributed by atoms with E-state index in [1.54, 1.807) is 12.7 Å².